The SMILES string of the molecule is CCOC(=O)OC(=O)c1ccc([N+](=O)[O-])cc1. The molecular weight excluding hydrogens is 230 g/mol. The number of rotatable bonds is 3. The molecule has 0 heterocycles. The Morgan fingerprint density at radius 3 is 2.35 bits per heavy atom. The van der Waals surface area contributed by atoms with Crippen molar-refractivity contribution < 1.29 is 24.0 Å². The second-order valence-electron chi connectivity index (χ2n) is 2.88. The maximum absolute atomic E-state index is 11.3. The number of carbonyl (C=O) groups excluding carboxylic acids is 2. The van der Waals surface area contributed by atoms with Crippen LogP contribution >= 0.6 is 0 Å². The predicted octanol–water partition coefficient (Wildman–Crippen LogP) is 1.91. The maximum Gasteiger partial charge on any atom is 0.516 e. The summed E-state index contributed by atoms with van der Waals surface area (Å²) in [5, 5.41) is 10.4. The van der Waals surface area contributed by atoms with Gasteiger partial charge in [0.25, 0.3) is 5.69 Å². The van der Waals surface area contributed by atoms with E-state index in [0.29, 0.717) is 0 Å². The summed E-state index contributed by atoms with van der Waals surface area (Å²) in [4.78, 5) is 31.9. The summed E-state index contributed by atoms with van der Waals surface area (Å²) in [6.45, 7) is 1.66. The van der Waals surface area contributed by atoms with E-state index >= 15 is 0 Å². The third kappa shape index (κ3) is 3.56. The van der Waals surface area contributed by atoms with Gasteiger partial charge in [-0.1, -0.05) is 0 Å². The Labute approximate surface area is 96.1 Å². The van der Waals surface area contributed by atoms with Crippen LogP contribution in [0, 0.1) is 10.1 Å². The topological polar surface area (TPSA) is 95.7 Å². The fourth-order valence-corrected chi connectivity index (χ4v) is 1.00. The van der Waals surface area contributed by atoms with Crippen LogP contribution in [0.5, 0.6) is 0 Å². The first-order chi connectivity index (χ1) is 8.04. The Balaban J connectivity index is 2.70. The molecule has 1 rings (SSSR count). The summed E-state index contributed by atoms with van der Waals surface area (Å²) < 4.78 is 8.71. The molecule has 1 aromatic rings. The number of nitro benzene ring substituents is 1. The molecule has 0 fully saturated rings. The number of nitro groups is 1. The Bertz CT molecular complexity index is 439. The van der Waals surface area contributed by atoms with Crippen molar-refractivity contribution in [3.8, 4) is 0 Å². The number of hydrogen-bond donors (Lipinski definition) is 0. The fraction of sp³-hybridized carbons (Fsp3) is 0.200. The number of hydrogen-bond acceptors (Lipinski definition) is 6. The van der Waals surface area contributed by atoms with Crippen molar-refractivity contribution in [3.05, 3.63) is 39.9 Å². The minimum absolute atomic E-state index is 0.0312. The van der Waals surface area contributed by atoms with Gasteiger partial charge < -0.3 is 9.47 Å². The molecule has 0 spiro atoms. The first kappa shape index (κ1) is 12.6. The van der Waals surface area contributed by atoms with E-state index in [1.54, 1.807) is 6.92 Å². The van der Waals surface area contributed by atoms with Gasteiger partial charge in [0.1, 0.15) is 0 Å². The van der Waals surface area contributed by atoms with Crippen molar-refractivity contribution >= 4 is 17.8 Å². The maximum atomic E-state index is 11.3. The van der Waals surface area contributed by atoms with Crippen LogP contribution in [0.4, 0.5) is 10.5 Å². The monoisotopic (exact) mass is 239 g/mol. The van der Waals surface area contributed by atoms with Gasteiger partial charge in [0.15, 0.2) is 0 Å². The van der Waals surface area contributed by atoms with E-state index in [1.165, 1.54) is 12.1 Å². The molecule has 0 aromatic heterocycles. The van der Waals surface area contributed by atoms with Gasteiger partial charge in [-0.25, -0.2) is 9.59 Å². The summed E-state index contributed by atoms with van der Waals surface area (Å²) in [5.74, 6) is -0.918. The molecule has 0 N–H and O–H groups in total. The number of non-ortho nitro benzene ring substituents is 1. The molecule has 1 aromatic carbocycles. The molecule has 90 valence electrons. The van der Waals surface area contributed by atoms with Crippen molar-refractivity contribution in [2.45, 2.75) is 6.92 Å². The van der Waals surface area contributed by atoms with Crippen LogP contribution in [0.3, 0.4) is 0 Å². The van der Waals surface area contributed by atoms with Crippen molar-refractivity contribution in [1.29, 1.82) is 0 Å². The molecular formula is C10H9NO6. The molecule has 0 aliphatic carbocycles. The predicted molar refractivity (Wildman–Crippen MR) is 55.5 cm³/mol. The van der Waals surface area contributed by atoms with E-state index in [9.17, 15) is 19.7 Å². The van der Waals surface area contributed by atoms with Gasteiger partial charge in [-0.2, -0.15) is 0 Å². The Morgan fingerprint density at radius 2 is 1.88 bits per heavy atom. The smallest absolute Gasteiger partial charge is 0.434 e. The first-order valence-corrected chi connectivity index (χ1v) is 4.68. The van der Waals surface area contributed by atoms with Crippen LogP contribution < -0.4 is 0 Å². The second kappa shape index (κ2) is 5.59. The van der Waals surface area contributed by atoms with Gasteiger partial charge in [0, 0.05) is 12.1 Å². The quantitative estimate of drug-likeness (QED) is 0.346. The zero-order valence-corrected chi connectivity index (χ0v) is 8.91. The summed E-state index contributed by atoms with van der Waals surface area (Å²) in [6, 6.07) is 4.67. The van der Waals surface area contributed by atoms with Crippen LogP contribution in [0.25, 0.3) is 0 Å². The zero-order chi connectivity index (χ0) is 12.8. The van der Waals surface area contributed by atoms with Crippen molar-refractivity contribution in [1.82, 2.24) is 0 Å². The molecule has 17 heavy (non-hydrogen) atoms. The molecule has 0 saturated carbocycles. The number of nitrogens with zero attached hydrogens (tertiary/aromatic N) is 1. The Hall–Kier alpha value is -2.44. The largest absolute Gasteiger partial charge is 0.516 e. The number of carbonyl (C=O) groups is 2. The molecule has 0 radical (unpaired) electrons. The van der Waals surface area contributed by atoms with Gasteiger partial charge in [0.05, 0.1) is 17.1 Å². The standard InChI is InChI=1S/C10H9NO6/c1-2-16-10(13)17-9(12)7-3-5-8(6-4-7)11(14)15/h3-6H,2H2,1H3. The highest BCUT2D eigenvalue weighted by Crippen LogP contribution is 2.12. The van der Waals surface area contributed by atoms with Crippen LogP contribution in [0.1, 0.15) is 17.3 Å². The third-order valence-corrected chi connectivity index (χ3v) is 1.75. The molecule has 0 aliphatic rings. The lowest BCUT2D eigenvalue weighted by atomic mass is 10.2. The van der Waals surface area contributed by atoms with Gasteiger partial charge in [-0.3, -0.25) is 10.1 Å². The van der Waals surface area contributed by atoms with E-state index in [0.717, 1.165) is 12.1 Å². The third-order valence-electron chi connectivity index (χ3n) is 1.75. The minimum Gasteiger partial charge on any atom is -0.434 e. The Kier molecular flexibility index (Phi) is 4.15. The lowest BCUT2D eigenvalue weighted by Gasteiger charge is -2.02. The summed E-state index contributed by atoms with van der Waals surface area (Å²) in [7, 11) is 0. The highest BCUT2D eigenvalue weighted by atomic mass is 16.7. The summed E-state index contributed by atoms with van der Waals surface area (Å²) in [6.07, 6.45) is -1.10. The molecule has 7 heteroatoms. The first-order valence-electron chi connectivity index (χ1n) is 4.68. The van der Waals surface area contributed by atoms with Gasteiger partial charge >= 0.3 is 12.1 Å². The van der Waals surface area contributed by atoms with Crippen molar-refractivity contribution in [3.63, 3.8) is 0 Å². The van der Waals surface area contributed by atoms with E-state index in [1.807, 2.05) is 0 Å². The molecule has 0 unspecified atom stereocenters. The molecule has 0 amide bonds. The molecule has 0 atom stereocenters. The van der Waals surface area contributed by atoms with Crippen molar-refractivity contribution in [2.24, 2.45) is 0 Å². The van der Waals surface area contributed by atoms with Crippen molar-refractivity contribution in [2.75, 3.05) is 6.61 Å². The summed E-state index contributed by atoms with van der Waals surface area (Å²) in [5.41, 5.74) is -0.124. The normalized spacial score (nSPS) is 9.47. The zero-order valence-electron chi connectivity index (χ0n) is 8.91. The molecule has 0 bridgehead atoms. The van der Waals surface area contributed by atoms with Crippen LogP contribution in [-0.2, 0) is 9.47 Å². The van der Waals surface area contributed by atoms with Crippen LogP contribution in [0.15, 0.2) is 24.3 Å². The van der Waals surface area contributed by atoms with Gasteiger partial charge in [-0.05, 0) is 19.1 Å². The van der Waals surface area contributed by atoms with Crippen LogP contribution in [-0.4, -0.2) is 23.7 Å². The van der Waals surface area contributed by atoms with Gasteiger partial charge in [0.2, 0.25) is 0 Å². The molecule has 0 saturated heterocycles. The highest BCUT2D eigenvalue weighted by Gasteiger charge is 2.14. The van der Waals surface area contributed by atoms with E-state index in [2.05, 4.69) is 9.47 Å². The van der Waals surface area contributed by atoms with E-state index in [4.69, 9.17) is 0 Å². The minimum atomic E-state index is -1.10. The average molecular weight is 239 g/mol. The lowest BCUT2D eigenvalue weighted by molar-refractivity contribution is -0.384. The fourth-order valence-electron chi connectivity index (χ4n) is 1.00. The average Bonchev–Trinajstić information content (AvgIpc) is 2.29. The van der Waals surface area contributed by atoms with Gasteiger partial charge in [-0.15, -0.1) is 0 Å². The second-order valence-corrected chi connectivity index (χ2v) is 2.88. The number of benzene rings is 1. The van der Waals surface area contributed by atoms with Crippen LogP contribution in [0.2, 0.25) is 0 Å². The van der Waals surface area contributed by atoms with E-state index in [-0.39, 0.29) is 17.9 Å². The lowest BCUT2D eigenvalue weighted by Crippen LogP contribution is -2.13. The van der Waals surface area contributed by atoms with E-state index < -0.39 is 17.0 Å². The summed E-state index contributed by atoms with van der Waals surface area (Å²) >= 11 is 0. The number of ether oxygens (including phenoxy) is 2. The number of esters is 1. The highest BCUT2D eigenvalue weighted by molar-refractivity contribution is 5.95. The Morgan fingerprint density at radius 1 is 1.29 bits per heavy atom. The molecule has 7 nitrogen and oxygen atoms in total. The molecule has 0 aliphatic heterocycles.